The van der Waals surface area contributed by atoms with E-state index in [1.807, 2.05) is 6.92 Å². The van der Waals surface area contributed by atoms with Gasteiger partial charge in [-0.15, -0.1) is 11.3 Å². The molecule has 0 aliphatic heterocycles. The van der Waals surface area contributed by atoms with Crippen molar-refractivity contribution >= 4 is 17.3 Å². The van der Waals surface area contributed by atoms with E-state index in [-0.39, 0.29) is 17.5 Å². The van der Waals surface area contributed by atoms with Crippen molar-refractivity contribution in [3.8, 4) is 0 Å². The van der Waals surface area contributed by atoms with Crippen molar-refractivity contribution in [3.63, 3.8) is 0 Å². The standard InChI is InChI=1S/C15H23NO3S/c1-5-15(6-2,18-4)14-16-12-10(13(17)19-7-3)8-9-11(12)20-14/h10H,5-9H2,1-4H3. The lowest BCUT2D eigenvalue weighted by Gasteiger charge is -2.27. The van der Waals surface area contributed by atoms with Gasteiger partial charge in [0.15, 0.2) is 0 Å². The molecule has 0 saturated heterocycles. The highest BCUT2D eigenvalue weighted by Gasteiger charge is 2.38. The summed E-state index contributed by atoms with van der Waals surface area (Å²) in [6, 6.07) is 0. The van der Waals surface area contributed by atoms with Crippen molar-refractivity contribution in [1.82, 2.24) is 4.98 Å². The molecule has 1 heterocycles. The van der Waals surface area contributed by atoms with Gasteiger partial charge in [-0.1, -0.05) is 13.8 Å². The van der Waals surface area contributed by atoms with Crippen LogP contribution in [0.15, 0.2) is 0 Å². The number of nitrogens with zero attached hydrogens (tertiary/aromatic N) is 1. The molecule has 0 amide bonds. The minimum Gasteiger partial charge on any atom is -0.465 e. The third-order valence-corrected chi connectivity index (χ3v) is 5.53. The second-order valence-electron chi connectivity index (χ2n) is 5.08. The van der Waals surface area contributed by atoms with E-state index in [1.54, 1.807) is 18.4 Å². The Kier molecular flexibility index (Phi) is 4.81. The Balaban J connectivity index is 2.30. The number of carbonyl (C=O) groups is 1. The highest BCUT2D eigenvalue weighted by Crippen LogP contribution is 2.43. The molecule has 112 valence electrons. The lowest BCUT2D eigenvalue weighted by atomic mass is 9.98. The molecule has 0 aromatic carbocycles. The molecule has 0 spiro atoms. The molecule has 0 N–H and O–H groups in total. The quantitative estimate of drug-likeness (QED) is 0.755. The predicted octanol–water partition coefficient (Wildman–Crippen LogP) is 3.40. The first kappa shape index (κ1) is 15.4. The molecule has 1 aliphatic rings. The average Bonchev–Trinajstić information content (AvgIpc) is 3.02. The Morgan fingerprint density at radius 1 is 1.40 bits per heavy atom. The summed E-state index contributed by atoms with van der Waals surface area (Å²) >= 11 is 1.70. The van der Waals surface area contributed by atoms with Gasteiger partial charge < -0.3 is 9.47 Å². The SMILES string of the molecule is CCOC(=O)C1CCc2sc(C(CC)(CC)OC)nc21. The second-order valence-corrected chi connectivity index (χ2v) is 6.16. The van der Waals surface area contributed by atoms with Crippen molar-refractivity contribution in [2.45, 2.75) is 58.0 Å². The number of aryl methyl sites for hydroxylation is 1. The van der Waals surface area contributed by atoms with Gasteiger partial charge in [-0.05, 0) is 32.6 Å². The maximum absolute atomic E-state index is 12.0. The van der Waals surface area contributed by atoms with E-state index >= 15 is 0 Å². The summed E-state index contributed by atoms with van der Waals surface area (Å²) in [5, 5.41) is 1.00. The van der Waals surface area contributed by atoms with E-state index in [2.05, 4.69) is 13.8 Å². The number of carbonyl (C=O) groups excluding carboxylic acids is 1. The van der Waals surface area contributed by atoms with Gasteiger partial charge in [0.2, 0.25) is 0 Å². The highest BCUT2D eigenvalue weighted by molar-refractivity contribution is 7.12. The fourth-order valence-corrected chi connectivity index (χ4v) is 4.27. The van der Waals surface area contributed by atoms with Crippen LogP contribution in [-0.2, 0) is 26.3 Å². The molecule has 0 saturated carbocycles. The Hall–Kier alpha value is -0.940. The molecular weight excluding hydrogens is 274 g/mol. The number of esters is 1. The van der Waals surface area contributed by atoms with Crippen LogP contribution in [0, 0.1) is 0 Å². The van der Waals surface area contributed by atoms with E-state index in [1.165, 1.54) is 4.88 Å². The summed E-state index contributed by atoms with van der Waals surface area (Å²) in [6.45, 7) is 6.49. The van der Waals surface area contributed by atoms with Gasteiger partial charge in [0, 0.05) is 12.0 Å². The Labute approximate surface area is 124 Å². The summed E-state index contributed by atoms with van der Waals surface area (Å²) < 4.78 is 10.9. The number of methoxy groups -OCH3 is 1. The smallest absolute Gasteiger partial charge is 0.315 e. The average molecular weight is 297 g/mol. The topological polar surface area (TPSA) is 48.4 Å². The summed E-state index contributed by atoms with van der Waals surface area (Å²) in [6.07, 6.45) is 3.52. The Morgan fingerprint density at radius 2 is 2.10 bits per heavy atom. The van der Waals surface area contributed by atoms with Crippen LogP contribution in [0.5, 0.6) is 0 Å². The minimum atomic E-state index is -0.311. The van der Waals surface area contributed by atoms with E-state index in [9.17, 15) is 4.79 Å². The van der Waals surface area contributed by atoms with E-state index in [0.29, 0.717) is 6.61 Å². The second kappa shape index (κ2) is 6.22. The Bertz CT molecular complexity index is 471. The monoisotopic (exact) mass is 297 g/mol. The van der Waals surface area contributed by atoms with Crippen molar-refractivity contribution in [3.05, 3.63) is 15.6 Å². The van der Waals surface area contributed by atoms with Crippen LogP contribution >= 0.6 is 11.3 Å². The van der Waals surface area contributed by atoms with Crippen LogP contribution < -0.4 is 0 Å². The van der Waals surface area contributed by atoms with Gasteiger partial charge in [-0.2, -0.15) is 0 Å². The molecule has 2 rings (SSSR count). The molecule has 0 radical (unpaired) electrons. The van der Waals surface area contributed by atoms with Crippen LogP contribution in [0.2, 0.25) is 0 Å². The number of hydrogen-bond acceptors (Lipinski definition) is 5. The van der Waals surface area contributed by atoms with Crippen LogP contribution in [0.25, 0.3) is 0 Å². The predicted molar refractivity (Wildman–Crippen MR) is 79.1 cm³/mol. The molecule has 1 atom stereocenters. The lowest BCUT2D eigenvalue weighted by molar-refractivity contribution is -0.145. The first-order valence-corrected chi connectivity index (χ1v) is 8.15. The Morgan fingerprint density at radius 3 is 2.65 bits per heavy atom. The fraction of sp³-hybridized carbons (Fsp3) is 0.733. The zero-order valence-electron chi connectivity index (χ0n) is 12.7. The van der Waals surface area contributed by atoms with Crippen molar-refractivity contribution < 1.29 is 14.3 Å². The van der Waals surface area contributed by atoms with E-state index < -0.39 is 0 Å². The molecule has 0 fully saturated rings. The third-order valence-electron chi connectivity index (χ3n) is 4.21. The molecule has 0 bridgehead atoms. The van der Waals surface area contributed by atoms with E-state index in [0.717, 1.165) is 36.4 Å². The third kappa shape index (κ3) is 2.49. The zero-order chi connectivity index (χ0) is 14.8. The van der Waals surface area contributed by atoms with E-state index in [4.69, 9.17) is 14.5 Å². The zero-order valence-corrected chi connectivity index (χ0v) is 13.5. The first-order chi connectivity index (χ1) is 9.61. The van der Waals surface area contributed by atoms with Crippen LogP contribution in [-0.4, -0.2) is 24.7 Å². The molecule has 4 nitrogen and oxygen atoms in total. The van der Waals surface area contributed by atoms with Crippen molar-refractivity contribution in [1.29, 1.82) is 0 Å². The summed E-state index contributed by atoms with van der Waals surface area (Å²) in [7, 11) is 1.74. The normalized spacial score (nSPS) is 18.1. The number of ether oxygens (including phenoxy) is 2. The number of fused-ring (bicyclic) bond motifs is 1. The largest absolute Gasteiger partial charge is 0.465 e. The van der Waals surface area contributed by atoms with Crippen molar-refractivity contribution in [2.75, 3.05) is 13.7 Å². The van der Waals surface area contributed by atoms with Gasteiger partial charge in [0.25, 0.3) is 0 Å². The number of rotatable bonds is 6. The number of hydrogen-bond donors (Lipinski definition) is 0. The minimum absolute atomic E-state index is 0.140. The first-order valence-electron chi connectivity index (χ1n) is 7.33. The lowest BCUT2D eigenvalue weighted by Crippen LogP contribution is -2.26. The molecule has 20 heavy (non-hydrogen) atoms. The molecular formula is C15H23NO3S. The molecule has 5 heteroatoms. The summed E-state index contributed by atoms with van der Waals surface area (Å²) in [5.41, 5.74) is 0.612. The highest BCUT2D eigenvalue weighted by atomic mass is 32.1. The maximum atomic E-state index is 12.0. The van der Waals surface area contributed by atoms with Gasteiger partial charge in [-0.25, -0.2) is 4.98 Å². The molecule has 1 aromatic heterocycles. The summed E-state index contributed by atoms with van der Waals surface area (Å²) in [5.74, 6) is -0.322. The van der Waals surface area contributed by atoms with Gasteiger partial charge in [0.05, 0.1) is 12.3 Å². The molecule has 1 aliphatic carbocycles. The van der Waals surface area contributed by atoms with Gasteiger partial charge in [0.1, 0.15) is 16.5 Å². The fourth-order valence-electron chi connectivity index (χ4n) is 2.82. The molecule has 1 unspecified atom stereocenters. The van der Waals surface area contributed by atoms with Gasteiger partial charge in [-0.3, -0.25) is 4.79 Å². The van der Waals surface area contributed by atoms with Crippen LogP contribution in [0.3, 0.4) is 0 Å². The number of thiazole rings is 1. The number of aromatic nitrogens is 1. The summed E-state index contributed by atoms with van der Waals surface area (Å²) in [4.78, 5) is 18.0. The maximum Gasteiger partial charge on any atom is 0.315 e. The molecule has 1 aromatic rings. The van der Waals surface area contributed by atoms with Gasteiger partial charge >= 0.3 is 5.97 Å². The van der Waals surface area contributed by atoms with Crippen molar-refractivity contribution in [2.24, 2.45) is 0 Å². The van der Waals surface area contributed by atoms with Crippen LogP contribution in [0.1, 0.15) is 61.5 Å². The van der Waals surface area contributed by atoms with Crippen LogP contribution in [0.4, 0.5) is 0 Å².